The molecule has 0 bridgehead atoms. The van der Waals surface area contributed by atoms with Gasteiger partial charge in [-0.25, -0.2) is 8.78 Å². The zero-order chi connectivity index (χ0) is 9.19. The average molecular weight is 177 g/mol. The number of carbonyl (C=O) groups is 1. The normalized spacial score (nSPS) is 23.6. The summed E-state index contributed by atoms with van der Waals surface area (Å²) in [5.74, 6) is -4.17. The largest absolute Gasteiger partial charge is 0.468 e. The van der Waals surface area contributed by atoms with Crippen molar-refractivity contribution in [1.29, 1.82) is 0 Å². The van der Waals surface area contributed by atoms with Gasteiger partial charge >= 0.3 is 5.97 Å². The smallest absolute Gasteiger partial charge is 0.319 e. The molecule has 1 fully saturated rings. The van der Waals surface area contributed by atoms with Crippen LogP contribution in [0.3, 0.4) is 0 Å². The fourth-order valence-corrected chi connectivity index (χ4v) is 1.36. The van der Waals surface area contributed by atoms with Crippen LogP contribution in [-0.4, -0.2) is 19.0 Å². The lowest BCUT2D eigenvalue weighted by Crippen LogP contribution is -2.36. The maximum Gasteiger partial charge on any atom is 0.319 e. The number of halogens is 2. The van der Waals surface area contributed by atoms with E-state index in [0.717, 1.165) is 7.11 Å². The van der Waals surface area contributed by atoms with Crippen molar-refractivity contribution in [3.05, 3.63) is 5.92 Å². The molecule has 4 heteroatoms. The number of carbonyl (C=O) groups excluding carboxylic acids is 1. The van der Waals surface area contributed by atoms with E-state index < -0.39 is 11.9 Å². The van der Waals surface area contributed by atoms with Gasteiger partial charge in [0.05, 0.1) is 7.11 Å². The quantitative estimate of drug-likeness (QED) is 0.572. The molecule has 0 aliphatic heterocycles. The molecule has 0 saturated heterocycles. The van der Waals surface area contributed by atoms with Gasteiger partial charge < -0.3 is 4.74 Å². The van der Waals surface area contributed by atoms with Crippen molar-refractivity contribution >= 4 is 5.97 Å². The molecule has 0 heterocycles. The molecule has 0 aromatic rings. The Labute approximate surface area is 69.9 Å². The summed E-state index contributed by atoms with van der Waals surface area (Å²) in [7, 11) is 1.13. The highest BCUT2D eigenvalue weighted by molar-refractivity contribution is 5.86. The van der Waals surface area contributed by atoms with E-state index >= 15 is 0 Å². The van der Waals surface area contributed by atoms with Gasteiger partial charge in [0.1, 0.15) is 0 Å². The van der Waals surface area contributed by atoms with E-state index in [9.17, 15) is 13.6 Å². The third-order valence-corrected chi connectivity index (χ3v) is 2.04. The Morgan fingerprint density at radius 3 is 2.67 bits per heavy atom. The predicted molar refractivity (Wildman–Crippen MR) is 38.7 cm³/mol. The van der Waals surface area contributed by atoms with Crippen molar-refractivity contribution in [1.82, 2.24) is 0 Å². The number of hydrogen-bond donors (Lipinski definition) is 0. The van der Waals surface area contributed by atoms with Crippen molar-refractivity contribution in [2.24, 2.45) is 0 Å². The Morgan fingerprint density at radius 2 is 2.17 bits per heavy atom. The van der Waals surface area contributed by atoms with E-state index in [0.29, 0.717) is 12.8 Å². The summed E-state index contributed by atoms with van der Waals surface area (Å²) in [5.41, 5.74) is 0. The lowest BCUT2D eigenvalue weighted by atomic mass is 9.86. The molecule has 12 heavy (non-hydrogen) atoms. The van der Waals surface area contributed by atoms with Crippen LogP contribution in [0.4, 0.5) is 8.78 Å². The van der Waals surface area contributed by atoms with Crippen LogP contribution in [0.1, 0.15) is 25.7 Å². The molecule has 0 spiro atoms. The number of alkyl halides is 2. The van der Waals surface area contributed by atoms with Crippen molar-refractivity contribution in [3.63, 3.8) is 0 Å². The molecule has 0 amide bonds. The molecule has 2 nitrogen and oxygen atoms in total. The second-order valence-electron chi connectivity index (χ2n) is 2.88. The highest BCUT2D eigenvalue weighted by atomic mass is 19.3. The van der Waals surface area contributed by atoms with E-state index in [2.05, 4.69) is 4.74 Å². The summed E-state index contributed by atoms with van der Waals surface area (Å²) in [6.45, 7) is 0. The van der Waals surface area contributed by atoms with Crippen LogP contribution in [-0.2, 0) is 9.53 Å². The summed E-state index contributed by atoms with van der Waals surface area (Å²) >= 11 is 0. The summed E-state index contributed by atoms with van der Waals surface area (Å²) in [6, 6.07) is 0. The van der Waals surface area contributed by atoms with E-state index in [-0.39, 0.29) is 18.8 Å². The lowest BCUT2D eigenvalue weighted by Gasteiger charge is -2.27. The molecule has 69 valence electrons. The van der Waals surface area contributed by atoms with Gasteiger partial charge in [-0.15, -0.1) is 0 Å². The monoisotopic (exact) mass is 177 g/mol. The number of esters is 1. The van der Waals surface area contributed by atoms with Crippen LogP contribution in [0.25, 0.3) is 0 Å². The molecular weight excluding hydrogens is 166 g/mol. The SMILES string of the molecule is COC(=O)[C]1CCCCC1(F)F. The first-order chi connectivity index (χ1) is 5.58. The minimum atomic E-state index is -2.94. The number of methoxy groups -OCH3 is 1. The minimum absolute atomic E-state index is 0.166. The Hall–Kier alpha value is -0.670. The molecule has 1 radical (unpaired) electrons. The molecule has 1 aliphatic carbocycles. The van der Waals surface area contributed by atoms with Gasteiger partial charge in [-0.2, -0.15) is 0 Å². The van der Waals surface area contributed by atoms with Crippen molar-refractivity contribution in [2.45, 2.75) is 31.6 Å². The molecule has 0 atom stereocenters. The van der Waals surface area contributed by atoms with Gasteiger partial charge in [-0.1, -0.05) is 6.42 Å². The third kappa shape index (κ3) is 1.73. The van der Waals surface area contributed by atoms with Gasteiger partial charge in [0.2, 0.25) is 0 Å². The van der Waals surface area contributed by atoms with Gasteiger partial charge in [-0.05, 0) is 12.8 Å². The first-order valence-corrected chi connectivity index (χ1v) is 3.90. The van der Waals surface area contributed by atoms with Crippen LogP contribution in [0.5, 0.6) is 0 Å². The molecule has 1 saturated carbocycles. The van der Waals surface area contributed by atoms with Crippen LogP contribution in [0.15, 0.2) is 0 Å². The molecule has 0 aromatic heterocycles. The highest BCUT2D eigenvalue weighted by Gasteiger charge is 2.47. The van der Waals surface area contributed by atoms with E-state index in [1.54, 1.807) is 0 Å². The minimum Gasteiger partial charge on any atom is -0.468 e. The van der Waals surface area contributed by atoms with E-state index in [1.807, 2.05) is 0 Å². The molecule has 0 aromatic carbocycles. The van der Waals surface area contributed by atoms with Crippen molar-refractivity contribution in [2.75, 3.05) is 7.11 Å². The van der Waals surface area contributed by atoms with Gasteiger partial charge in [0.25, 0.3) is 5.92 Å². The molecule has 1 aliphatic rings. The summed E-state index contributed by atoms with van der Waals surface area (Å²) < 4.78 is 30.2. The highest BCUT2D eigenvalue weighted by Crippen LogP contribution is 2.40. The zero-order valence-electron chi connectivity index (χ0n) is 6.90. The maximum absolute atomic E-state index is 13.0. The van der Waals surface area contributed by atoms with E-state index in [1.165, 1.54) is 0 Å². The first-order valence-electron chi connectivity index (χ1n) is 3.90. The number of hydrogen-bond acceptors (Lipinski definition) is 2. The fraction of sp³-hybridized carbons (Fsp3) is 0.750. The van der Waals surface area contributed by atoms with Gasteiger partial charge in [-0.3, -0.25) is 4.79 Å². The Bertz CT molecular complexity index is 180. The predicted octanol–water partition coefficient (Wildman–Crippen LogP) is 1.94. The molecule has 1 rings (SSSR count). The average Bonchev–Trinajstić information content (AvgIpc) is 2.02. The second kappa shape index (κ2) is 3.37. The van der Waals surface area contributed by atoms with E-state index in [4.69, 9.17) is 0 Å². The maximum atomic E-state index is 13.0. The van der Waals surface area contributed by atoms with Crippen molar-refractivity contribution in [3.8, 4) is 0 Å². The lowest BCUT2D eigenvalue weighted by molar-refractivity contribution is -0.146. The standard InChI is InChI=1S/C8H11F2O2/c1-12-7(11)6-4-2-3-5-8(6,9)10/h2-5H2,1H3. The van der Waals surface area contributed by atoms with Gasteiger partial charge in [0, 0.05) is 6.42 Å². The fourth-order valence-electron chi connectivity index (χ4n) is 1.36. The third-order valence-electron chi connectivity index (χ3n) is 2.04. The van der Waals surface area contributed by atoms with Crippen LogP contribution in [0.2, 0.25) is 0 Å². The second-order valence-corrected chi connectivity index (χ2v) is 2.88. The topological polar surface area (TPSA) is 26.3 Å². The van der Waals surface area contributed by atoms with Crippen LogP contribution >= 0.6 is 0 Å². The molecule has 0 N–H and O–H groups in total. The number of rotatable bonds is 1. The summed E-state index contributed by atoms with van der Waals surface area (Å²) in [6.07, 6.45) is 1.07. The van der Waals surface area contributed by atoms with Crippen LogP contribution < -0.4 is 0 Å². The zero-order valence-corrected chi connectivity index (χ0v) is 6.90. The Balaban J connectivity index is 2.66. The Kier molecular flexibility index (Phi) is 2.65. The molecule has 0 unspecified atom stereocenters. The van der Waals surface area contributed by atoms with Gasteiger partial charge in [0.15, 0.2) is 5.92 Å². The number of ether oxygens (including phenoxy) is 1. The van der Waals surface area contributed by atoms with Crippen molar-refractivity contribution < 1.29 is 18.3 Å². The van der Waals surface area contributed by atoms with Crippen LogP contribution in [0, 0.1) is 5.92 Å². The summed E-state index contributed by atoms with van der Waals surface area (Å²) in [4.78, 5) is 10.8. The molecular formula is C8H11F2O2. The Morgan fingerprint density at radius 1 is 1.50 bits per heavy atom. The first kappa shape index (κ1) is 9.42. The summed E-state index contributed by atoms with van der Waals surface area (Å²) in [5, 5.41) is 0.